The molecule has 2 heteroatoms. The van der Waals surface area contributed by atoms with E-state index in [1.54, 1.807) is 12.2 Å². The average Bonchev–Trinajstić information content (AvgIpc) is 1.77. The number of hydroxylamine groups is 2. The SMILES string of the molecule is C=C1C=CC=CN1O. The van der Waals surface area contributed by atoms with Gasteiger partial charge in [-0.15, -0.1) is 0 Å². The normalized spacial score (nSPS) is 17.6. The van der Waals surface area contributed by atoms with Gasteiger partial charge in [0.05, 0.1) is 5.70 Å². The molecule has 42 valence electrons. The molecule has 0 aromatic heterocycles. The average molecular weight is 109 g/mol. The molecule has 1 aliphatic heterocycles. The van der Waals surface area contributed by atoms with E-state index in [0.29, 0.717) is 5.70 Å². The van der Waals surface area contributed by atoms with E-state index in [1.807, 2.05) is 6.08 Å². The van der Waals surface area contributed by atoms with Crippen molar-refractivity contribution < 1.29 is 5.21 Å². The molecule has 0 bridgehead atoms. The van der Waals surface area contributed by atoms with Gasteiger partial charge in [-0.1, -0.05) is 12.7 Å². The van der Waals surface area contributed by atoms with Crippen LogP contribution in [0.25, 0.3) is 0 Å². The molecule has 0 radical (unpaired) electrons. The van der Waals surface area contributed by atoms with Gasteiger partial charge in [-0.2, -0.15) is 0 Å². The summed E-state index contributed by atoms with van der Waals surface area (Å²) in [4.78, 5) is 0. The van der Waals surface area contributed by atoms with Gasteiger partial charge in [0.15, 0.2) is 0 Å². The summed E-state index contributed by atoms with van der Waals surface area (Å²) in [5.74, 6) is 0. The summed E-state index contributed by atoms with van der Waals surface area (Å²) in [6.45, 7) is 3.53. The third-order valence-electron chi connectivity index (χ3n) is 0.921. The lowest BCUT2D eigenvalue weighted by Gasteiger charge is -2.12. The van der Waals surface area contributed by atoms with Gasteiger partial charge in [0.2, 0.25) is 0 Å². The highest BCUT2D eigenvalue weighted by Gasteiger charge is 1.95. The van der Waals surface area contributed by atoms with E-state index in [0.717, 1.165) is 5.06 Å². The van der Waals surface area contributed by atoms with E-state index < -0.39 is 0 Å². The maximum absolute atomic E-state index is 8.77. The monoisotopic (exact) mass is 109 g/mol. The molecule has 2 nitrogen and oxygen atoms in total. The predicted octanol–water partition coefficient (Wildman–Crippen LogP) is 1.27. The molecule has 0 fully saturated rings. The molecule has 0 amide bonds. The van der Waals surface area contributed by atoms with Crippen LogP contribution >= 0.6 is 0 Å². The van der Waals surface area contributed by atoms with E-state index in [9.17, 15) is 0 Å². The molecule has 1 N–H and O–H groups in total. The fraction of sp³-hybridized carbons (Fsp3) is 0. The highest BCUT2D eigenvalue weighted by Crippen LogP contribution is 2.04. The minimum atomic E-state index is 0.590. The minimum absolute atomic E-state index is 0.590. The Hall–Kier alpha value is -1.02. The van der Waals surface area contributed by atoms with Crippen LogP contribution in [0.3, 0.4) is 0 Å². The Balaban J connectivity index is 2.74. The van der Waals surface area contributed by atoms with Crippen LogP contribution in [0.2, 0.25) is 0 Å². The Labute approximate surface area is 48.0 Å². The van der Waals surface area contributed by atoms with Crippen molar-refractivity contribution in [1.29, 1.82) is 0 Å². The van der Waals surface area contributed by atoms with Crippen LogP contribution in [0.4, 0.5) is 0 Å². The van der Waals surface area contributed by atoms with Crippen LogP contribution in [0.1, 0.15) is 0 Å². The van der Waals surface area contributed by atoms with Crippen LogP contribution in [0.5, 0.6) is 0 Å². The first-order chi connectivity index (χ1) is 3.80. The first-order valence-electron chi connectivity index (χ1n) is 2.32. The van der Waals surface area contributed by atoms with Crippen molar-refractivity contribution in [1.82, 2.24) is 5.06 Å². The van der Waals surface area contributed by atoms with Crippen LogP contribution < -0.4 is 0 Å². The third-order valence-corrected chi connectivity index (χ3v) is 0.921. The molecular weight excluding hydrogens is 102 g/mol. The first kappa shape index (κ1) is 5.12. The first-order valence-corrected chi connectivity index (χ1v) is 2.32. The van der Waals surface area contributed by atoms with Crippen molar-refractivity contribution in [3.8, 4) is 0 Å². The molecule has 0 aromatic rings. The van der Waals surface area contributed by atoms with E-state index >= 15 is 0 Å². The molecule has 8 heavy (non-hydrogen) atoms. The lowest BCUT2D eigenvalue weighted by Crippen LogP contribution is -2.09. The van der Waals surface area contributed by atoms with Crippen molar-refractivity contribution in [2.45, 2.75) is 0 Å². The second-order valence-corrected chi connectivity index (χ2v) is 1.54. The summed E-state index contributed by atoms with van der Waals surface area (Å²) in [6.07, 6.45) is 6.80. The van der Waals surface area contributed by atoms with Crippen molar-refractivity contribution in [2.75, 3.05) is 0 Å². The maximum atomic E-state index is 8.77. The van der Waals surface area contributed by atoms with Crippen molar-refractivity contribution >= 4 is 0 Å². The number of hydrogen-bond donors (Lipinski definition) is 1. The van der Waals surface area contributed by atoms with Gasteiger partial charge in [0, 0.05) is 6.20 Å². The van der Waals surface area contributed by atoms with E-state index in [-0.39, 0.29) is 0 Å². The Morgan fingerprint density at radius 1 is 1.50 bits per heavy atom. The molecule has 0 aliphatic carbocycles. The zero-order chi connectivity index (χ0) is 5.98. The maximum Gasteiger partial charge on any atom is 0.0614 e. The number of rotatable bonds is 0. The third kappa shape index (κ3) is 0.792. The van der Waals surface area contributed by atoms with Crippen molar-refractivity contribution in [3.63, 3.8) is 0 Å². The largest absolute Gasteiger partial charge is 0.284 e. The fourth-order valence-electron chi connectivity index (χ4n) is 0.470. The molecule has 0 saturated carbocycles. The van der Waals surface area contributed by atoms with E-state index in [2.05, 4.69) is 6.58 Å². The molecule has 1 rings (SSSR count). The van der Waals surface area contributed by atoms with Gasteiger partial charge in [-0.05, 0) is 12.2 Å². The van der Waals surface area contributed by atoms with Gasteiger partial charge < -0.3 is 0 Å². The van der Waals surface area contributed by atoms with Crippen LogP contribution in [0.15, 0.2) is 36.7 Å². The molecule has 0 atom stereocenters. The molecular formula is C6H7NO. The van der Waals surface area contributed by atoms with Gasteiger partial charge in [-0.3, -0.25) is 5.21 Å². The lowest BCUT2D eigenvalue weighted by atomic mass is 10.3. The topological polar surface area (TPSA) is 23.5 Å². The van der Waals surface area contributed by atoms with Gasteiger partial charge >= 0.3 is 0 Å². The fourth-order valence-corrected chi connectivity index (χ4v) is 0.470. The minimum Gasteiger partial charge on any atom is -0.284 e. The Kier molecular flexibility index (Phi) is 1.18. The highest BCUT2D eigenvalue weighted by atomic mass is 16.5. The summed E-state index contributed by atoms with van der Waals surface area (Å²) in [7, 11) is 0. The highest BCUT2D eigenvalue weighted by molar-refractivity contribution is 5.23. The Morgan fingerprint density at radius 2 is 2.25 bits per heavy atom. The quantitative estimate of drug-likeness (QED) is 0.506. The van der Waals surface area contributed by atoms with Crippen LogP contribution in [-0.4, -0.2) is 10.3 Å². The molecule has 1 aliphatic rings. The summed E-state index contributed by atoms with van der Waals surface area (Å²) >= 11 is 0. The number of nitrogens with zero attached hydrogens (tertiary/aromatic N) is 1. The van der Waals surface area contributed by atoms with Gasteiger partial charge in [-0.25, -0.2) is 5.06 Å². The summed E-state index contributed by atoms with van der Waals surface area (Å²) < 4.78 is 0. The Morgan fingerprint density at radius 3 is 2.62 bits per heavy atom. The Bertz CT molecular complexity index is 158. The standard InChI is InChI=1S/C6H7NO/c1-6-4-2-3-5-7(6)8/h2-5,8H,1H2. The van der Waals surface area contributed by atoms with Crippen LogP contribution in [0, 0.1) is 0 Å². The molecule has 0 aromatic carbocycles. The van der Waals surface area contributed by atoms with Gasteiger partial charge in [0.25, 0.3) is 0 Å². The summed E-state index contributed by atoms with van der Waals surface area (Å²) in [5.41, 5.74) is 0.590. The molecule has 0 unspecified atom stereocenters. The zero-order valence-electron chi connectivity index (χ0n) is 4.41. The number of hydrogen-bond acceptors (Lipinski definition) is 2. The molecule has 0 spiro atoms. The second-order valence-electron chi connectivity index (χ2n) is 1.54. The van der Waals surface area contributed by atoms with E-state index in [4.69, 9.17) is 5.21 Å². The van der Waals surface area contributed by atoms with Crippen molar-refractivity contribution in [3.05, 3.63) is 36.7 Å². The smallest absolute Gasteiger partial charge is 0.0614 e. The zero-order valence-corrected chi connectivity index (χ0v) is 4.41. The summed E-state index contributed by atoms with van der Waals surface area (Å²) in [6, 6.07) is 0. The second kappa shape index (κ2) is 1.84. The predicted molar refractivity (Wildman–Crippen MR) is 31.0 cm³/mol. The number of allylic oxidation sites excluding steroid dienone is 3. The van der Waals surface area contributed by atoms with Crippen molar-refractivity contribution in [2.24, 2.45) is 0 Å². The van der Waals surface area contributed by atoms with Crippen LogP contribution in [-0.2, 0) is 0 Å². The summed E-state index contributed by atoms with van der Waals surface area (Å²) in [5, 5.41) is 9.75. The molecule has 0 saturated heterocycles. The van der Waals surface area contributed by atoms with E-state index in [1.165, 1.54) is 6.20 Å². The molecule has 1 heterocycles. The van der Waals surface area contributed by atoms with Gasteiger partial charge in [0.1, 0.15) is 0 Å². The lowest BCUT2D eigenvalue weighted by molar-refractivity contribution is 0.000319.